The van der Waals surface area contributed by atoms with E-state index in [1.54, 1.807) is 6.26 Å². The molecule has 4 heteroatoms. The van der Waals surface area contributed by atoms with Gasteiger partial charge in [-0.3, -0.25) is 4.79 Å². The van der Waals surface area contributed by atoms with Gasteiger partial charge in [0.05, 0.1) is 0 Å². The largest absolute Gasteiger partial charge is 0.275 e. The summed E-state index contributed by atoms with van der Waals surface area (Å²) in [5, 5.41) is 0. The SMILES string of the molecule is CSC(=O)S.[Na]. The molecule has 0 spiro atoms. The summed E-state index contributed by atoms with van der Waals surface area (Å²) >= 11 is 4.53. The van der Waals surface area contributed by atoms with Crippen LogP contribution in [0.4, 0.5) is 4.79 Å². The minimum absolute atomic E-state index is 0. The molecule has 0 amide bonds. The zero-order valence-electron chi connectivity index (χ0n) is 3.76. The first-order chi connectivity index (χ1) is 2.27. The number of carbonyl (C=O) groups excluding carboxylic acids is 1. The topological polar surface area (TPSA) is 17.1 Å². The Balaban J connectivity index is 0. The Labute approximate surface area is 69.0 Å². The summed E-state index contributed by atoms with van der Waals surface area (Å²) in [5.74, 6) is 0. The molecule has 0 aliphatic rings. The molecule has 0 saturated carbocycles. The van der Waals surface area contributed by atoms with Gasteiger partial charge in [0.1, 0.15) is 0 Å². The molecule has 0 aliphatic carbocycles. The van der Waals surface area contributed by atoms with E-state index in [2.05, 4.69) is 12.6 Å². The Morgan fingerprint density at radius 2 is 2.00 bits per heavy atom. The normalized spacial score (nSPS) is 6.33. The van der Waals surface area contributed by atoms with Crippen molar-refractivity contribution in [3.63, 3.8) is 0 Å². The number of thiol groups is 1. The molecular weight excluding hydrogens is 127 g/mol. The first-order valence-corrected chi connectivity index (χ1v) is 2.71. The van der Waals surface area contributed by atoms with E-state index in [-0.39, 0.29) is 34.0 Å². The van der Waals surface area contributed by atoms with Crippen LogP contribution in [0, 0.1) is 0 Å². The van der Waals surface area contributed by atoms with Gasteiger partial charge < -0.3 is 0 Å². The van der Waals surface area contributed by atoms with E-state index in [4.69, 9.17) is 0 Å². The second kappa shape index (κ2) is 6.37. The molecule has 0 atom stereocenters. The van der Waals surface area contributed by atoms with Gasteiger partial charge in [-0.1, -0.05) is 24.4 Å². The third-order valence-electron chi connectivity index (χ3n) is 0.175. The molecule has 1 nitrogen and oxygen atoms in total. The second-order valence-corrected chi connectivity index (χ2v) is 1.96. The third kappa shape index (κ3) is 9.03. The van der Waals surface area contributed by atoms with Crippen LogP contribution < -0.4 is 0 Å². The van der Waals surface area contributed by atoms with Crippen molar-refractivity contribution in [2.24, 2.45) is 0 Å². The number of carbonyl (C=O) groups is 1. The molecule has 0 saturated heterocycles. The van der Waals surface area contributed by atoms with Crippen molar-refractivity contribution in [2.45, 2.75) is 0 Å². The fraction of sp³-hybridized carbons (Fsp3) is 0.500. The summed E-state index contributed by atoms with van der Waals surface area (Å²) in [6.45, 7) is 0. The predicted molar refractivity (Wildman–Crippen MR) is 33.7 cm³/mol. The molecular formula is C2H4NaOS2. The molecule has 31 valence electrons. The summed E-state index contributed by atoms with van der Waals surface area (Å²) in [6.07, 6.45) is 1.69. The van der Waals surface area contributed by atoms with E-state index in [1.807, 2.05) is 0 Å². The van der Waals surface area contributed by atoms with Crippen LogP contribution in [0.2, 0.25) is 0 Å². The van der Waals surface area contributed by atoms with E-state index in [1.165, 1.54) is 0 Å². The van der Waals surface area contributed by atoms with Crippen molar-refractivity contribution in [3.05, 3.63) is 0 Å². The molecule has 0 aromatic carbocycles. The quantitative estimate of drug-likeness (QED) is 0.390. The smallest absolute Gasteiger partial charge is 0.242 e. The summed E-state index contributed by atoms with van der Waals surface area (Å²) in [6, 6.07) is 0. The minimum atomic E-state index is -0.134. The average Bonchev–Trinajstić information content (AvgIpc) is 1.38. The number of hydrogen-bond donors (Lipinski definition) is 1. The summed E-state index contributed by atoms with van der Waals surface area (Å²) in [5.41, 5.74) is 0. The molecule has 0 aliphatic heterocycles. The van der Waals surface area contributed by atoms with Crippen LogP contribution in [0.25, 0.3) is 0 Å². The summed E-state index contributed by atoms with van der Waals surface area (Å²) in [7, 11) is 0. The van der Waals surface area contributed by atoms with Crippen molar-refractivity contribution in [1.29, 1.82) is 0 Å². The van der Waals surface area contributed by atoms with Gasteiger partial charge >= 0.3 is 0 Å². The number of hydrogen-bond acceptors (Lipinski definition) is 2. The van der Waals surface area contributed by atoms with E-state index < -0.39 is 0 Å². The second-order valence-electron chi connectivity index (χ2n) is 0.470. The van der Waals surface area contributed by atoms with Crippen LogP contribution in [0.5, 0.6) is 0 Å². The van der Waals surface area contributed by atoms with E-state index in [0.29, 0.717) is 0 Å². The Morgan fingerprint density at radius 1 is 1.83 bits per heavy atom. The average molecular weight is 131 g/mol. The maximum Gasteiger partial charge on any atom is 0.242 e. The monoisotopic (exact) mass is 131 g/mol. The molecule has 0 fully saturated rings. The molecule has 6 heavy (non-hydrogen) atoms. The summed E-state index contributed by atoms with van der Waals surface area (Å²) < 4.78 is -0.134. The standard InChI is InChI=1S/C2H4OS2.Na/c1-5-2(3)4;/h1H3,(H,3,4);. The van der Waals surface area contributed by atoms with Crippen LogP contribution >= 0.6 is 24.4 Å². The Hall–Kier alpha value is 1.37. The third-order valence-corrected chi connectivity index (χ3v) is 1.07. The summed E-state index contributed by atoms with van der Waals surface area (Å²) in [4.78, 5) is 9.64. The van der Waals surface area contributed by atoms with Crippen molar-refractivity contribution in [1.82, 2.24) is 0 Å². The van der Waals surface area contributed by atoms with Crippen molar-refractivity contribution in [2.75, 3.05) is 6.26 Å². The number of rotatable bonds is 0. The molecule has 0 bridgehead atoms. The van der Waals surface area contributed by atoms with Crippen LogP contribution in [-0.4, -0.2) is 40.3 Å². The van der Waals surface area contributed by atoms with Gasteiger partial charge in [0.25, 0.3) is 0 Å². The molecule has 0 N–H and O–H groups in total. The Morgan fingerprint density at radius 3 is 2.00 bits per heavy atom. The predicted octanol–water partition coefficient (Wildman–Crippen LogP) is 1.02. The van der Waals surface area contributed by atoms with E-state index in [9.17, 15) is 4.79 Å². The van der Waals surface area contributed by atoms with Gasteiger partial charge in [0.15, 0.2) is 0 Å². The van der Waals surface area contributed by atoms with Crippen LogP contribution in [0.3, 0.4) is 0 Å². The van der Waals surface area contributed by atoms with Crippen LogP contribution in [-0.2, 0) is 0 Å². The Bertz CT molecular complexity index is 46.8. The van der Waals surface area contributed by atoms with Crippen LogP contribution in [0.15, 0.2) is 0 Å². The molecule has 0 rings (SSSR count). The first kappa shape index (κ1) is 10.4. The van der Waals surface area contributed by atoms with E-state index >= 15 is 0 Å². The van der Waals surface area contributed by atoms with Gasteiger partial charge in [0, 0.05) is 29.6 Å². The van der Waals surface area contributed by atoms with Crippen molar-refractivity contribution >= 4 is 58.4 Å². The zero-order chi connectivity index (χ0) is 4.28. The van der Waals surface area contributed by atoms with Gasteiger partial charge in [0.2, 0.25) is 4.45 Å². The maximum absolute atomic E-state index is 9.64. The molecule has 1 radical (unpaired) electrons. The van der Waals surface area contributed by atoms with Crippen molar-refractivity contribution in [3.8, 4) is 0 Å². The van der Waals surface area contributed by atoms with Gasteiger partial charge in [-0.2, -0.15) is 0 Å². The van der Waals surface area contributed by atoms with Gasteiger partial charge in [-0.25, -0.2) is 0 Å². The fourth-order valence-corrected chi connectivity index (χ4v) is 0. The Kier molecular flexibility index (Phi) is 11.0. The minimum Gasteiger partial charge on any atom is -0.275 e. The molecule has 0 aromatic heterocycles. The van der Waals surface area contributed by atoms with Crippen molar-refractivity contribution < 1.29 is 4.79 Å². The first-order valence-electron chi connectivity index (χ1n) is 1.04. The maximum atomic E-state index is 9.64. The molecule has 0 aromatic rings. The fourth-order valence-electron chi connectivity index (χ4n) is 0. The van der Waals surface area contributed by atoms with Gasteiger partial charge in [-0.05, 0) is 6.26 Å². The van der Waals surface area contributed by atoms with Gasteiger partial charge in [-0.15, -0.1) is 0 Å². The molecule has 0 unspecified atom stereocenters. The zero-order valence-corrected chi connectivity index (χ0v) is 7.47. The van der Waals surface area contributed by atoms with Crippen LogP contribution in [0.1, 0.15) is 0 Å². The van der Waals surface area contributed by atoms with E-state index in [0.717, 1.165) is 11.8 Å². The number of thioether (sulfide) groups is 1. The molecule has 0 heterocycles.